The molecule has 3 nitrogen and oxygen atoms in total. The Balaban J connectivity index is 0.00000144. The van der Waals surface area contributed by atoms with E-state index in [0.29, 0.717) is 12.1 Å². The van der Waals surface area contributed by atoms with Crippen LogP contribution < -0.4 is 5.32 Å². The number of ether oxygens (including phenoxy) is 1. The molecule has 0 amide bonds. The number of halogens is 1. The zero-order chi connectivity index (χ0) is 11.4. The smallest absolute Gasteiger partial charge is 0.308 e. The molecule has 1 saturated heterocycles. The van der Waals surface area contributed by atoms with Gasteiger partial charge < -0.3 is 10.1 Å². The molecule has 0 aromatic carbocycles. The van der Waals surface area contributed by atoms with Gasteiger partial charge in [-0.1, -0.05) is 6.42 Å². The number of esters is 1. The van der Waals surface area contributed by atoms with E-state index in [4.69, 9.17) is 4.74 Å². The molecule has 0 radical (unpaired) electrons. The lowest BCUT2D eigenvalue weighted by atomic mass is 9.72. The number of nitrogens with one attached hydrogen (secondary N) is 1. The van der Waals surface area contributed by atoms with Gasteiger partial charge in [0.1, 0.15) is 0 Å². The van der Waals surface area contributed by atoms with Crippen LogP contribution in [-0.2, 0) is 9.53 Å². The van der Waals surface area contributed by atoms with E-state index in [1.54, 1.807) is 0 Å². The molecule has 2 aliphatic rings. The lowest BCUT2D eigenvalue weighted by molar-refractivity contribution is -0.149. The van der Waals surface area contributed by atoms with Crippen molar-refractivity contribution >= 4 is 18.4 Å². The molecule has 1 saturated carbocycles. The Bertz CT molecular complexity index is 242. The number of carbonyl (C=O) groups excluding carboxylic acids is 1. The monoisotopic (exact) mass is 261 g/mol. The summed E-state index contributed by atoms with van der Waals surface area (Å²) in [6.07, 6.45) is 8.26. The quantitative estimate of drug-likeness (QED) is 0.777. The van der Waals surface area contributed by atoms with Crippen LogP contribution in [0.1, 0.15) is 51.9 Å². The van der Waals surface area contributed by atoms with Gasteiger partial charge in [0.2, 0.25) is 0 Å². The molecule has 1 aliphatic heterocycles. The SMILES string of the molecule is CCOC(=O)C1CCC2(CCCCN2)CC1.Cl. The Kier molecular flexibility index (Phi) is 5.74. The first-order chi connectivity index (χ1) is 7.76. The minimum atomic E-state index is 0. The van der Waals surface area contributed by atoms with Crippen molar-refractivity contribution in [2.45, 2.75) is 57.4 Å². The molecular formula is C13H24ClNO2. The van der Waals surface area contributed by atoms with Gasteiger partial charge in [-0.2, -0.15) is 0 Å². The summed E-state index contributed by atoms with van der Waals surface area (Å²) in [5, 5.41) is 3.67. The molecule has 0 unspecified atom stereocenters. The molecule has 0 bridgehead atoms. The van der Waals surface area contributed by atoms with Gasteiger partial charge in [0.05, 0.1) is 12.5 Å². The van der Waals surface area contributed by atoms with E-state index in [1.165, 1.54) is 19.3 Å². The van der Waals surface area contributed by atoms with Crippen molar-refractivity contribution < 1.29 is 9.53 Å². The standard InChI is InChI=1S/C13H23NO2.ClH/c1-2-16-12(15)11-5-8-13(9-6-11)7-3-4-10-14-13;/h11,14H,2-10H2,1H3;1H. The Morgan fingerprint density at radius 2 is 2.00 bits per heavy atom. The highest BCUT2D eigenvalue weighted by molar-refractivity contribution is 5.85. The van der Waals surface area contributed by atoms with Gasteiger partial charge in [-0.25, -0.2) is 0 Å². The normalized spacial score (nSPS) is 32.9. The van der Waals surface area contributed by atoms with Gasteiger partial charge in [0.15, 0.2) is 0 Å². The van der Waals surface area contributed by atoms with Crippen molar-refractivity contribution in [1.29, 1.82) is 0 Å². The van der Waals surface area contributed by atoms with Crippen molar-refractivity contribution in [3.63, 3.8) is 0 Å². The van der Waals surface area contributed by atoms with Crippen molar-refractivity contribution in [3.05, 3.63) is 0 Å². The average molecular weight is 262 g/mol. The molecule has 0 atom stereocenters. The number of hydrogen-bond donors (Lipinski definition) is 1. The molecule has 1 heterocycles. The topological polar surface area (TPSA) is 38.3 Å². The Morgan fingerprint density at radius 1 is 1.29 bits per heavy atom. The molecule has 17 heavy (non-hydrogen) atoms. The fourth-order valence-corrected chi connectivity index (χ4v) is 3.12. The number of carbonyl (C=O) groups is 1. The number of hydrogen-bond acceptors (Lipinski definition) is 3. The molecule has 0 aromatic rings. The molecule has 4 heteroatoms. The minimum Gasteiger partial charge on any atom is -0.466 e. The molecule has 0 aromatic heterocycles. The number of rotatable bonds is 2. The summed E-state index contributed by atoms with van der Waals surface area (Å²) in [5.74, 6) is 0.183. The van der Waals surface area contributed by atoms with Gasteiger partial charge in [-0.05, 0) is 52.0 Å². The number of piperidine rings is 1. The fourth-order valence-electron chi connectivity index (χ4n) is 3.12. The van der Waals surface area contributed by atoms with E-state index in [1.807, 2.05) is 6.92 Å². The second-order valence-corrected chi connectivity index (χ2v) is 5.19. The molecule has 1 spiro atoms. The summed E-state index contributed by atoms with van der Waals surface area (Å²) in [6, 6.07) is 0. The first-order valence-corrected chi connectivity index (χ1v) is 6.67. The average Bonchev–Trinajstić information content (AvgIpc) is 2.31. The van der Waals surface area contributed by atoms with E-state index in [-0.39, 0.29) is 24.3 Å². The third-order valence-electron chi connectivity index (χ3n) is 4.14. The maximum Gasteiger partial charge on any atom is 0.308 e. The van der Waals surface area contributed by atoms with Gasteiger partial charge in [0, 0.05) is 5.54 Å². The van der Waals surface area contributed by atoms with Gasteiger partial charge in [-0.3, -0.25) is 4.79 Å². The van der Waals surface area contributed by atoms with Crippen LogP contribution in [0.3, 0.4) is 0 Å². The van der Waals surface area contributed by atoms with Crippen LogP contribution >= 0.6 is 12.4 Å². The third kappa shape index (κ3) is 3.59. The molecule has 2 rings (SSSR count). The van der Waals surface area contributed by atoms with Gasteiger partial charge in [-0.15, -0.1) is 12.4 Å². The zero-order valence-corrected chi connectivity index (χ0v) is 11.5. The van der Waals surface area contributed by atoms with Crippen molar-refractivity contribution in [1.82, 2.24) is 5.32 Å². The highest BCUT2D eigenvalue weighted by Crippen LogP contribution is 2.37. The van der Waals surface area contributed by atoms with E-state index in [2.05, 4.69) is 5.32 Å². The summed E-state index contributed by atoms with van der Waals surface area (Å²) >= 11 is 0. The van der Waals surface area contributed by atoms with Crippen molar-refractivity contribution in [2.24, 2.45) is 5.92 Å². The summed E-state index contributed by atoms with van der Waals surface area (Å²) in [6.45, 7) is 3.55. The van der Waals surface area contributed by atoms with Gasteiger partial charge in [0.25, 0.3) is 0 Å². The predicted octanol–water partition coefficient (Wildman–Crippen LogP) is 2.67. The fraction of sp³-hybridized carbons (Fsp3) is 0.923. The summed E-state index contributed by atoms with van der Waals surface area (Å²) < 4.78 is 5.10. The van der Waals surface area contributed by atoms with Gasteiger partial charge >= 0.3 is 5.97 Å². The third-order valence-corrected chi connectivity index (χ3v) is 4.14. The summed E-state index contributed by atoms with van der Waals surface area (Å²) in [7, 11) is 0. The summed E-state index contributed by atoms with van der Waals surface area (Å²) in [4.78, 5) is 11.6. The largest absolute Gasteiger partial charge is 0.466 e. The van der Waals surface area contributed by atoms with E-state index in [0.717, 1.165) is 32.2 Å². The van der Waals surface area contributed by atoms with Crippen LogP contribution in [0.4, 0.5) is 0 Å². The predicted molar refractivity (Wildman–Crippen MR) is 70.4 cm³/mol. The maximum atomic E-state index is 11.6. The van der Waals surface area contributed by atoms with Crippen LogP contribution in [0, 0.1) is 5.92 Å². The second kappa shape index (κ2) is 6.60. The maximum absolute atomic E-state index is 11.6. The first kappa shape index (κ1) is 14.8. The second-order valence-electron chi connectivity index (χ2n) is 5.19. The molecule has 2 fully saturated rings. The van der Waals surface area contributed by atoms with E-state index in [9.17, 15) is 4.79 Å². The van der Waals surface area contributed by atoms with Crippen LogP contribution in [0.5, 0.6) is 0 Å². The van der Waals surface area contributed by atoms with Crippen LogP contribution in [-0.4, -0.2) is 24.7 Å². The van der Waals surface area contributed by atoms with Crippen molar-refractivity contribution in [3.8, 4) is 0 Å². The van der Waals surface area contributed by atoms with Crippen LogP contribution in [0.2, 0.25) is 0 Å². The lowest BCUT2D eigenvalue weighted by Gasteiger charge is -2.43. The first-order valence-electron chi connectivity index (χ1n) is 6.67. The highest BCUT2D eigenvalue weighted by Gasteiger charge is 2.38. The van der Waals surface area contributed by atoms with E-state index < -0.39 is 0 Å². The summed E-state index contributed by atoms with van der Waals surface area (Å²) in [5.41, 5.74) is 0.362. The van der Waals surface area contributed by atoms with Crippen LogP contribution in [0.25, 0.3) is 0 Å². The highest BCUT2D eigenvalue weighted by atomic mass is 35.5. The molecule has 1 N–H and O–H groups in total. The van der Waals surface area contributed by atoms with Crippen molar-refractivity contribution in [2.75, 3.05) is 13.2 Å². The zero-order valence-electron chi connectivity index (χ0n) is 10.7. The minimum absolute atomic E-state index is 0. The van der Waals surface area contributed by atoms with E-state index >= 15 is 0 Å². The molecular weight excluding hydrogens is 238 g/mol. The Hall–Kier alpha value is -0.280. The Morgan fingerprint density at radius 3 is 2.53 bits per heavy atom. The molecule has 1 aliphatic carbocycles. The van der Waals surface area contributed by atoms with Crippen LogP contribution in [0.15, 0.2) is 0 Å². The molecule has 100 valence electrons. The lowest BCUT2D eigenvalue weighted by Crippen LogP contribution is -2.51. The Labute approximate surface area is 110 Å².